The lowest BCUT2D eigenvalue weighted by Crippen LogP contribution is -2.42. The molecule has 2 amide bonds. The van der Waals surface area contributed by atoms with E-state index in [0.717, 1.165) is 31.2 Å². The number of hydrogen-bond acceptors (Lipinski definition) is 6. The fraction of sp³-hybridized carbons (Fsp3) is 0.500. The van der Waals surface area contributed by atoms with Crippen LogP contribution in [0.2, 0.25) is 0 Å². The summed E-state index contributed by atoms with van der Waals surface area (Å²) in [7, 11) is 0. The summed E-state index contributed by atoms with van der Waals surface area (Å²) >= 11 is 0. The van der Waals surface area contributed by atoms with E-state index < -0.39 is 11.1 Å². The highest BCUT2D eigenvalue weighted by atomic mass is 16.4. The number of carbonyl (C=O) groups is 2. The first-order chi connectivity index (χ1) is 16.4. The van der Waals surface area contributed by atoms with Gasteiger partial charge in [0.2, 0.25) is 5.91 Å². The molecule has 5 rings (SSSR count). The maximum atomic E-state index is 13.1. The van der Waals surface area contributed by atoms with Crippen LogP contribution in [0.3, 0.4) is 0 Å². The fourth-order valence-electron chi connectivity index (χ4n) is 4.84. The van der Waals surface area contributed by atoms with E-state index in [2.05, 4.69) is 27.8 Å². The molecule has 0 radical (unpaired) electrons. The second-order valence-electron chi connectivity index (χ2n) is 9.85. The Morgan fingerprint density at radius 2 is 1.62 bits per heavy atom. The van der Waals surface area contributed by atoms with Crippen molar-refractivity contribution >= 4 is 11.8 Å². The molecule has 1 heterocycles. The third-order valence-corrected chi connectivity index (χ3v) is 7.26. The lowest BCUT2D eigenvalue weighted by molar-refractivity contribution is -0.127. The van der Waals surface area contributed by atoms with Crippen molar-refractivity contribution in [2.24, 2.45) is 5.92 Å². The molecule has 0 spiro atoms. The van der Waals surface area contributed by atoms with E-state index in [9.17, 15) is 20.1 Å². The van der Waals surface area contributed by atoms with Gasteiger partial charge in [0.25, 0.3) is 5.91 Å². The van der Waals surface area contributed by atoms with Gasteiger partial charge in [-0.25, -0.2) is 4.98 Å². The molecule has 3 saturated carbocycles. The van der Waals surface area contributed by atoms with Crippen molar-refractivity contribution in [1.29, 1.82) is 10.5 Å². The highest BCUT2D eigenvalue weighted by Crippen LogP contribution is 2.43. The molecule has 34 heavy (non-hydrogen) atoms. The molecule has 0 unspecified atom stereocenters. The van der Waals surface area contributed by atoms with Crippen molar-refractivity contribution in [3.05, 3.63) is 41.5 Å². The number of amides is 2. The van der Waals surface area contributed by atoms with Crippen LogP contribution in [-0.2, 0) is 4.79 Å². The first kappa shape index (κ1) is 22.2. The van der Waals surface area contributed by atoms with Crippen molar-refractivity contribution in [3.63, 3.8) is 0 Å². The van der Waals surface area contributed by atoms with E-state index in [1.807, 2.05) is 12.1 Å². The number of rotatable bonds is 6. The van der Waals surface area contributed by atoms with Crippen LogP contribution in [0.25, 0.3) is 11.3 Å². The maximum absolute atomic E-state index is 13.1. The zero-order valence-electron chi connectivity index (χ0n) is 19.2. The van der Waals surface area contributed by atoms with Crippen LogP contribution in [0.4, 0.5) is 0 Å². The Balaban J connectivity index is 1.38. The van der Waals surface area contributed by atoms with Crippen LogP contribution in [0.5, 0.6) is 0 Å². The van der Waals surface area contributed by atoms with Crippen LogP contribution < -0.4 is 10.6 Å². The number of carbonyl (C=O) groups excluding carboxylic acids is 2. The average Bonchev–Trinajstić information content (AvgIpc) is 3.77. The summed E-state index contributed by atoms with van der Waals surface area (Å²) in [5.41, 5.74) is 0.567. The number of nitriles is 2. The van der Waals surface area contributed by atoms with E-state index in [1.54, 1.807) is 19.1 Å². The molecule has 8 heteroatoms. The van der Waals surface area contributed by atoms with E-state index in [0.29, 0.717) is 48.6 Å². The van der Waals surface area contributed by atoms with E-state index >= 15 is 0 Å². The molecule has 0 saturated heterocycles. The van der Waals surface area contributed by atoms with Gasteiger partial charge in [0, 0.05) is 29.9 Å². The standard InChI is InChI=1S/C26H27N5O3/c1-16-29-21(17-6-8-18(9-7-17)23(32)30-25(14-27)10-11-25)22(34-16)19-4-2-3-5-20(19)24(33)31-26(15-28)12-13-26/h6-9,19-20H,2-5,10-13H2,1H3,(H,30,32)(H,31,33)/t19-,20-/m1/s1. The largest absolute Gasteiger partial charge is 0.445 e. The molecule has 8 nitrogen and oxygen atoms in total. The minimum absolute atomic E-state index is 0.0812. The topological polar surface area (TPSA) is 132 Å². The normalized spacial score (nSPS) is 23.7. The van der Waals surface area contributed by atoms with Crippen LogP contribution in [0.1, 0.15) is 79.3 Å². The third kappa shape index (κ3) is 4.17. The SMILES string of the molecule is Cc1nc(-c2ccc(C(=O)NC3(C#N)CC3)cc2)c([C@@H]2CCCC[C@H]2C(=O)NC2(C#N)CC2)o1. The number of nitrogens with one attached hydrogen (secondary N) is 2. The predicted molar refractivity (Wildman–Crippen MR) is 122 cm³/mol. The minimum atomic E-state index is -0.715. The molecule has 0 bridgehead atoms. The van der Waals surface area contributed by atoms with Crippen molar-refractivity contribution in [3.8, 4) is 23.4 Å². The quantitative estimate of drug-likeness (QED) is 0.676. The Kier molecular flexibility index (Phi) is 5.40. The number of aryl methyl sites for hydroxylation is 1. The molecule has 1 aromatic heterocycles. The Morgan fingerprint density at radius 1 is 1.00 bits per heavy atom. The molecule has 3 fully saturated rings. The molecule has 3 aliphatic rings. The molecule has 2 N–H and O–H groups in total. The summed E-state index contributed by atoms with van der Waals surface area (Å²) in [6.07, 6.45) is 6.29. The molecular formula is C26H27N5O3. The van der Waals surface area contributed by atoms with Crippen LogP contribution >= 0.6 is 0 Å². The smallest absolute Gasteiger partial charge is 0.252 e. The van der Waals surface area contributed by atoms with E-state index in [4.69, 9.17) is 4.42 Å². The van der Waals surface area contributed by atoms with Gasteiger partial charge < -0.3 is 15.1 Å². The van der Waals surface area contributed by atoms with Gasteiger partial charge in [-0.2, -0.15) is 10.5 Å². The Hall–Kier alpha value is -3.65. The second kappa shape index (κ2) is 8.29. The fourth-order valence-corrected chi connectivity index (χ4v) is 4.84. The lowest BCUT2D eigenvalue weighted by atomic mass is 9.76. The monoisotopic (exact) mass is 457 g/mol. The Labute approximate surface area is 198 Å². The van der Waals surface area contributed by atoms with Crippen LogP contribution in [-0.4, -0.2) is 27.9 Å². The van der Waals surface area contributed by atoms with Crippen LogP contribution in [0, 0.1) is 35.5 Å². The predicted octanol–water partition coefficient (Wildman–Crippen LogP) is 3.88. The minimum Gasteiger partial charge on any atom is -0.445 e. The molecule has 3 aliphatic carbocycles. The van der Waals surface area contributed by atoms with E-state index in [1.165, 1.54) is 0 Å². The summed E-state index contributed by atoms with van der Waals surface area (Å²) < 4.78 is 6.06. The van der Waals surface area contributed by atoms with Crippen LogP contribution in [0.15, 0.2) is 28.7 Å². The summed E-state index contributed by atoms with van der Waals surface area (Å²) in [6.45, 7) is 1.79. The lowest BCUT2D eigenvalue weighted by Gasteiger charge is -2.30. The second-order valence-corrected chi connectivity index (χ2v) is 9.85. The maximum Gasteiger partial charge on any atom is 0.252 e. The zero-order chi connectivity index (χ0) is 23.9. The van der Waals surface area contributed by atoms with Crippen molar-refractivity contribution in [2.45, 2.75) is 75.3 Å². The van der Waals surface area contributed by atoms with Gasteiger partial charge in [-0.05, 0) is 50.7 Å². The average molecular weight is 458 g/mol. The molecular weight excluding hydrogens is 430 g/mol. The van der Waals surface area contributed by atoms with Crippen molar-refractivity contribution < 1.29 is 14.0 Å². The Bertz CT molecular complexity index is 1210. The van der Waals surface area contributed by atoms with Gasteiger partial charge in [0.05, 0.1) is 12.1 Å². The first-order valence-electron chi connectivity index (χ1n) is 11.9. The van der Waals surface area contributed by atoms with E-state index in [-0.39, 0.29) is 23.7 Å². The molecule has 0 aliphatic heterocycles. The molecule has 174 valence electrons. The van der Waals surface area contributed by atoms with Gasteiger partial charge in [0.15, 0.2) is 5.89 Å². The number of benzene rings is 1. The Morgan fingerprint density at radius 3 is 2.24 bits per heavy atom. The molecule has 2 aromatic rings. The molecule has 1 aromatic carbocycles. The summed E-state index contributed by atoms with van der Waals surface area (Å²) in [5.74, 6) is 0.485. The van der Waals surface area contributed by atoms with Gasteiger partial charge in [0.1, 0.15) is 22.5 Å². The van der Waals surface area contributed by atoms with Crippen molar-refractivity contribution in [2.75, 3.05) is 0 Å². The zero-order valence-corrected chi connectivity index (χ0v) is 19.2. The van der Waals surface area contributed by atoms with Crippen molar-refractivity contribution in [1.82, 2.24) is 15.6 Å². The third-order valence-electron chi connectivity index (χ3n) is 7.26. The highest BCUT2D eigenvalue weighted by Gasteiger charge is 2.47. The number of aromatic nitrogens is 1. The number of oxazole rings is 1. The van der Waals surface area contributed by atoms with Gasteiger partial charge in [-0.15, -0.1) is 0 Å². The summed E-state index contributed by atoms with van der Waals surface area (Å²) in [5, 5.41) is 24.4. The summed E-state index contributed by atoms with van der Waals surface area (Å²) in [4.78, 5) is 30.3. The first-order valence-corrected chi connectivity index (χ1v) is 11.9. The highest BCUT2D eigenvalue weighted by molar-refractivity contribution is 5.95. The van der Waals surface area contributed by atoms with Gasteiger partial charge in [-0.1, -0.05) is 25.0 Å². The summed E-state index contributed by atoms with van der Waals surface area (Å²) in [6, 6.07) is 11.5. The molecule has 2 atom stereocenters. The van der Waals surface area contributed by atoms with Gasteiger partial charge in [-0.3, -0.25) is 9.59 Å². The number of hydrogen-bond donors (Lipinski definition) is 2. The number of nitrogens with zero attached hydrogens (tertiary/aromatic N) is 3. The van der Waals surface area contributed by atoms with Gasteiger partial charge >= 0.3 is 0 Å².